The first-order valence-corrected chi connectivity index (χ1v) is 7.22. The van der Waals surface area contributed by atoms with Crippen LogP contribution in [0.4, 0.5) is 0 Å². The zero-order valence-electron chi connectivity index (χ0n) is 12.0. The topological polar surface area (TPSA) is 44.1 Å². The molecule has 0 bridgehead atoms. The molecule has 0 aromatic rings. The minimum Gasteiger partial charge on any atom is -0.329 e. The average Bonchev–Trinajstić information content (AvgIpc) is 2.76. The standard InChI is InChI=1S/C15H26N2O/c1-4-10-17(11-9-16)14(18)15(12-13(2)3)7-5-6-8-15/h13H,4-8,10-12H2,1-3H3. The van der Waals surface area contributed by atoms with Crippen molar-refractivity contribution in [3.63, 3.8) is 0 Å². The van der Waals surface area contributed by atoms with Crippen LogP contribution in [-0.4, -0.2) is 23.9 Å². The lowest BCUT2D eigenvalue weighted by atomic mass is 9.77. The molecule has 1 fully saturated rings. The van der Waals surface area contributed by atoms with E-state index in [0.29, 0.717) is 12.5 Å². The maximum absolute atomic E-state index is 12.8. The third kappa shape index (κ3) is 3.48. The van der Waals surface area contributed by atoms with E-state index in [1.807, 2.05) is 0 Å². The zero-order valence-corrected chi connectivity index (χ0v) is 12.0. The molecule has 0 N–H and O–H groups in total. The minimum absolute atomic E-state index is 0.166. The molecule has 1 rings (SSSR count). The number of hydrogen-bond acceptors (Lipinski definition) is 2. The Morgan fingerprint density at radius 2 is 2.00 bits per heavy atom. The molecule has 3 nitrogen and oxygen atoms in total. The summed E-state index contributed by atoms with van der Waals surface area (Å²) >= 11 is 0. The van der Waals surface area contributed by atoms with Gasteiger partial charge in [-0.1, -0.05) is 33.6 Å². The highest BCUT2D eigenvalue weighted by Gasteiger charge is 2.43. The van der Waals surface area contributed by atoms with Gasteiger partial charge in [-0.15, -0.1) is 0 Å². The number of nitriles is 1. The Kier molecular flexibility index (Phi) is 5.65. The monoisotopic (exact) mass is 250 g/mol. The van der Waals surface area contributed by atoms with Crippen molar-refractivity contribution in [2.75, 3.05) is 13.1 Å². The van der Waals surface area contributed by atoms with Crippen LogP contribution in [0.25, 0.3) is 0 Å². The number of carbonyl (C=O) groups is 1. The molecule has 0 aromatic heterocycles. The van der Waals surface area contributed by atoms with Gasteiger partial charge in [-0.3, -0.25) is 4.79 Å². The van der Waals surface area contributed by atoms with Gasteiger partial charge in [0, 0.05) is 12.0 Å². The number of amides is 1. The number of nitrogens with zero attached hydrogens (tertiary/aromatic N) is 2. The van der Waals surface area contributed by atoms with Gasteiger partial charge in [-0.2, -0.15) is 5.26 Å². The van der Waals surface area contributed by atoms with Crippen LogP contribution in [0.5, 0.6) is 0 Å². The lowest BCUT2D eigenvalue weighted by molar-refractivity contribution is -0.142. The molecule has 18 heavy (non-hydrogen) atoms. The Labute approximate surface area is 111 Å². The first kappa shape index (κ1) is 15.0. The van der Waals surface area contributed by atoms with Gasteiger partial charge in [0.15, 0.2) is 0 Å². The van der Waals surface area contributed by atoms with Gasteiger partial charge in [-0.25, -0.2) is 0 Å². The van der Waals surface area contributed by atoms with Crippen LogP contribution >= 0.6 is 0 Å². The molecule has 0 radical (unpaired) electrons. The van der Waals surface area contributed by atoms with Crippen LogP contribution in [0.1, 0.15) is 59.3 Å². The second-order valence-corrected chi connectivity index (χ2v) is 5.97. The highest BCUT2D eigenvalue weighted by atomic mass is 16.2. The molecule has 0 aromatic carbocycles. The molecule has 0 heterocycles. The Balaban J connectivity index is 2.83. The third-order valence-electron chi connectivity index (χ3n) is 3.86. The fourth-order valence-corrected chi connectivity index (χ4v) is 3.28. The number of rotatable bonds is 6. The molecular formula is C15H26N2O. The van der Waals surface area contributed by atoms with Crippen molar-refractivity contribution in [2.45, 2.75) is 59.3 Å². The largest absolute Gasteiger partial charge is 0.329 e. The molecule has 0 aliphatic heterocycles. The number of carbonyl (C=O) groups excluding carboxylic acids is 1. The van der Waals surface area contributed by atoms with Crippen molar-refractivity contribution in [1.82, 2.24) is 4.90 Å². The molecular weight excluding hydrogens is 224 g/mol. The fourth-order valence-electron chi connectivity index (χ4n) is 3.28. The summed E-state index contributed by atoms with van der Waals surface area (Å²) in [6.45, 7) is 7.38. The predicted octanol–water partition coefficient (Wildman–Crippen LogP) is 3.36. The van der Waals surface area contributed by atoms with E-state index in [9.17, 15) is 4.79 Å². The van der Waals surface area contributed by atoms with Crippen molar-refractivity contribution in [2.24, 2.45) is 11.3 Å². The average molecular weight is 250 g/mol. The summed E-state index contributed by atoms with van der Waals surface area (Å²) < 4.78 is 0. The van der Waals surface area contributed by atoms with E-state index in [1.54, 1.807) is 4.90 Å². The minimum atomic E-state index is -0.166. The smallest absolute Gasteiger partial charge is 0.229 e. The molecule has 0 unspecified atom stereocenters. The number of hydrogen-bond donors (Lipinski definition) is 0. The van der Waals surface area contributed by atoms with Gasteiger partial charge in [0.05, 0.1) is 6.07 Å². The molecule has 1 aliphatic carbocycles. The second kappa shape index (κ2) is 6.78. The second-order valence-electron chi connectivity index (χ2n) is 5.97. The summed E-state index contributed by atoms with van der Waals surface area (Å²) in [5.74, 6) is 0.773. The van der Waals surface area contributed by atoms with Crippen LogP contribution in [0.15, 0.2) is 0 Å². The Morgan fingerprint density at radius 3 is 2.44 bits per heavy atom. The Hall–Kier alpha value is -1.04. The van der Waals surface area contributed by atoms with Gasteiger partial charge in [-0.05, 0) is 31.6 Å². The summed E-state index contributed by atoms with van der Waals surface area (Å²) in [7, 11) is 0. The molecule has 1 aliphatic rings. The summed E-state index contributed by atoms with van der Waals surface area (Å²) in [4.78, 5) is 14.5. The van der Waals surface area contributed by atoms with Gasteiger partial charge in [0.1, 0.15) is 6.54 Å². The van der Waals surface area contributed by atoms with E-state index in [-0.39, 0.29) is 17.9 Å². The van der Waals surface area contributed by atoms with Crippen molar-refractivity contribution < 1.29 is 4.79 Å². The van der Waals surface area contributed by atoms with Crippen LogP contribution in [0, 0.1) is 22.7 Å². The van der Waals surface area contributed by atoms with Gasteiger partial charge in [0.2, 0.25) is 5.91 Å². The lowest BCUT2D eigenvalue weighted by Crippen LogP contribution is -2.44. The highest BCUT2D eigenvalue weighted by Crippen LogP contribution is 2.44. The van der Waals surface area contributed by atoms with E-state index in [2.05, 4.69) is 26.8 Å². The highest BCUT2D eigenvalue weighted by molar-refractivity contribution is 5.83. The molecule has 3 heteroatoms. The van der Waals surface area contributed by atoms with E-state index in [0.717, 1.165) is 38.5 Å². The van der Waals surface area contributed by atoms with Crippen LogP contribution in [0.2, 0.25) is 0 Å². The summed E-state index contributed by atoms with van der Waals surface area (Å²) in [6.07, 6.45) is 6.23. The molecule has 102 valence electrons. The van der Waals surface area contributed by atoms with Crippen LogP contribution in [0.3, 0.4) is 0 Å². The molecule has 0 spiro atoms. The van der Waals surface area contributed by atoms with E-state index < -0.39 is 0 Å². The Bertz CT molecular complexity index is 311. The lowest BCUT2D eigenvalue weighted by Gasteiger charge is -2.34. The van der Waals surface area contributed by atoms with Gasteiger partial charge < -0.3 is 4.90 Å². The zero-order chi connectivity index (χ0) is 13.6. The molecule has 0 atom stereocenters. The quantitative estimate of drug-likeness (QED) is 0.678. The van der Waals surface area contributed by atoms with Crippen molar-refractivity contribution in [3.8, 4) is 6.07 Å². The predicted molar refractivity (Wildman–Crippen MR) is 72.8 cm³/mol. The Morgan fingerprint density at radius 1 is 1.39 bits per heavy atom. The fraction of sp³-hybridized carbons (Fsp3) is 0.867. The van der Waals surface area contributed by atoms with Crippen molar-refractivity contribution >= 4 is 5.91 Å². The van der Waals surface area contributed by atoms with Crippen molar-refractivity contribution in [1.29, 1.82) is 5.26 Å². The third-order valence-corrected chi connectivity index (χ3v) is 3.86. The van der Waals surface area contributed by atoms with Gasteiger partial charge in [0.25, 0.3) is 0 Å². The maximum Gasteiger partial charge on any atom is 0.229 e. The summed E-state index contributed by atoms with van der Waals surface area (Å²) in [5, 5.41) is 8.88. The maximum atomic E-state index is 12.8. The normalized spacial score (nSPS) is 17.7. The first-order valence-electron chi connectivity index (χ1n) is 7.22. The molecule has 0 saturated heterocycles. The van der Waals surface area contributed by atoms with E-state index in [1.165, 1.54) is 0 Å². The molecule has 1 amide bonds. The molecule has 1 saturated carbocycles. The summed E-state index contributed by atoms with van der Waals surface area (Å²) in [6, 6.07) is 2.13. The van der Waals surface area contributed by atoms with Crippen LogP contribution in [-0.2, 0) is 4.79 Å². The van der Waals surface area contributed by atoms with Gasteiger partial charge >= 0.3 is 0 Å². The first-order chi connectivity index (χ1) is 8.55. The van der Waals surface area contributed by atoms with Crippen molar-refractivity contribution in [3.05, 3.63) is 0 Å². The SMILES string of the molecule is CCCN(CC#N)C(=O)C1(CC(C)C)CCCC1. The van der Waals surface area contributed by atoms with E-state index >= 15 is 0 Å². The summed E-state index contributed by atoms with van der Waals surface area (Å²) in [5.41, 5.74) is -0.166. The van der Waals surface area contributed by atoms with Crippen LogP contribution < -0.4 is 0 Å². The van der Waals surface area contributed by atoms with E-state index in [4.69, 9.17) is 5.26 Å².